The van der Waals surface area contributed by atoms with Crippen LogP contribution in [0.1, 0.15) is 27.2 Å². The highest BCUT2D eigenvalue weighted by Crippen LogP contribution is 2.43. The highest BCUT2D eigenvalue weighted by atomic mass is 28.4. The average molecular weight is 365 g/mol. The van der Waals surface area contributed by atoms with Crippen molar-refractivity contribution >= 4 is 18.7 Å². The molecule has 2 N–H and O–H groups in total. The van der Waals surface area contributed by atoms with Crippen LogP contribution in [-0.4, -0.2) is 24.3 Å². The molecule has 1 aliphatic carbocycles. The van der Waals surface area contributed by atoms with Crippen molar-refractivity contribution in [2.24, 2.45) is 5.92 Å². The number of hydrogen-bond donors (Lipinski definition) is 2. The van der Waals surface area contributed by atoms with Crippen molar-refractivity contribution in [2.45, 2.75) is 38.3 Å². The van der Waals surface area contributed by atoms with Crippen LogP contribution in [0.5, 0.6) is 0 Å². The fourth-order valence-corrected chi connectivity index (χ4v) is 7.89. The van der Waals surface area contributed by atoms with Gasteiger partial charge in [0.15, 0.2) is 0 Å². The van der Waals surface area contributed by atoms with Gasteiger partial charge in [-0.05, 0) is 34.3 Å². The maximum atomic E-state index is 12.2. The molecule has 0 amide bonds. The normalized spacial score (nSPS) is 20.7. The maximum Gasteiger partial charge on any atom is 0.258 e. The van der Waals surface area contributed by atoms with Gasteiger partial charge in [-0.3, -0.25) is 0 Å². The predicted octanol–water partition coefficient (Wildman–Crippen LogP) is 3.40. The zero-order chi connectivity index (χ0) is 18.8. The van der Waals surface area contributed by atoms with Crippen LogP contribution in [0.4, 0.5) is 0 Å². The number of allylic oxidation sites excluding steroid dienone is 2. The van der Waals surface area contributed by atoms with Gasteiger partial charge in [0.25, 0.3) is 8.32 Å². The van der Waals surface area contributed by atoms with E-state index in [4.69, 9.17) is 0 Å². The van der Waals surface area contributed by atoms with Gasteiger partial charge in [0.2, 0.25) is 0 Å². The van der Waals surface area contributed by atoms with E-state index in [1.807, 2.05) is 79.7 Å². The summed E-state index contributed by atoms with van der Waals surface area (Å²) >= 11 is 0. The van der Waals surface area contributed by atoms with Crippen molar-refractivity contribution < 1.29 is 9.90 Å². The van der Waals surface area contributed by atoms with E-state index in [2.05, 4.69) is 19.9 Å². The molecule has 3 rings (SSSR count). The van der Waals surface area contributed by atoms with Gasteiger partial charge in [-0.15, -0.1) is 0 Å². The summed E-state index contributed by atoms with van der Waals surface area (Å²) in [7, 11) is -3.03. The van der Waals surface area contributed by atoms with Crippen LogP contribution < -0.4 is 10.4 Å². The number of aliphatic hydroxyl groups excluding tert-OH is 1. The summed E-state index contributed by atoms with van der Waals surface area (Å²) in [5, 5.41) is 12.3. The van der Waals surface area contributed by atoms with Gasteiger partial charge in [-0.25, -0.2) is 0 Å². The first-order valence-electron chi connectivity index (χ1n) is 9.23. The fraction of sp³-hybridized carbons (Fsp3) is 0.304. The van der Waals surface area contributed by atoms with Gasteiger partial charge in [-0.1, -0.05) is 92.7 Å². The second-order valence-corrected chi connectivity index (χ2v) is 11.9. The Hall–Kier alpha value is -1.94. The van der Waals surface area contributed by atoms with Crippen LogP contribution in [-0.2, 0) is 0 Å². The first-order valence-corrected chi connectivity index (χ1v) is 11.2. The number of hydrogen-bond acceptors (Lipinski definition) is 2. The Morgan fingerprint density at radius 2 is 1.42 bits per heavy atom. The minimum absolute atomic E-state index is 0.0152. The van der Waals surface area contributed by atoms with E-state index in [0.29, 0.717) is 0 Å². The Labute approximate surface area is 157 Å². The third-order valence-electron chi connectivity index (χ3n) is 5.70. The van der Waals surface area contributed by atoms with Crippen LogP contribution in [0.3, 0.4) is 0 Å². The van der Waals surface area contributed by atoms with Gasteiger partial charge < -0.3 is 9.90 Å². The summed E-state index contributed by atoms with van der Waals surface area (Å²) < 4.78 is 0. The summed E-state index contributed by atoms with van der Waals surface area (Å²) in [6, 6.07) is 20.1. The molecule has 2 atom stereocenters. The predicted molar refractivity (Wildman–Crippen MR) is 111 cm³/mol. The molecule has 0 unspecified atom stereocenters. The molecule has 0 fully saturated rings. The molecule has 2 aromatic carbocycles. The Morgan fingerprint density at radius 3 is 1.92 bits per heavy atom. The Bertz CT molecular complexity index is 754. The molecule has 2 nitrogen and oxygen atoms in total. The first-order chi connectivity index (χ1) is 12.4. The molecule has 2 aromatic rings. The van der Waals surface area contributed by atoms with E-state index in [9.17, 15) is 9.90 Å². The molecule has 136 valence electrons. The highest BCUT2D eigenvalue weighted by Gasteiger charge is 2.51. The quantitative estimate of drug-likeness (QED) is 0.798. The lowest BCUT2D eigenvalue weighted by Gasteiger charge is -2.43. The van der Waals surface area contributed by atoms with Crippen molar-refractivity contribution in [1.82, 2.24) is 0 Å². The summed E-state index contributed by atoms with van der Waals surface area (Å²) in [5.41, 5.74) is 0.984. The number of benzene rings is 2. The molecular weight excluding hydrogens is 336 g/mol. The van der Waals surface area contributed by atoms with Crippen LogP contribution in [0.2, 0.25) is 5.04 Å². The lowest BCUT2D eigenvalue weighted by molar-refractivity contribution is 0.149. The lowest BCUT2D eigenvalue weighted by Crippen LogP contribution is -2.65. The molecule has 26 heavy (non-hydrogen) atoms. The largest absolute Gasteiger partial charge is 0.424 e. The van der Waals surface area contributed by atoms with Crippen molar-refractivity contribution in [3.05, 3.63) is 84.5 Å². The van der Waals surface area contributed by atoms with E-state index in [-0.39, 0.29) is 11.0 Å². The van der Waals surface area contributed by atoms with Crippen molar-refractivity contribution in [2.75, 3.05) is 0 Å². The smallest absolute Gasteiger partial charge is 0.258 e. The van der Waals surface area contributed by atoms with Crippen molar-refractivity contribution in [3.63, 3.8) is 0 Å². The monoisotopic (exact) mass is 364 g/mol. The van der Waals surface area contributed by atoms with E-state index in [0.717, 1.165) is 22.4 Å². The van der Waals surface area contributed by atoms with E-state index >= 15 is 0 Å². The highest BCUT2D eigenvalue weighted by molar-refractivity contribution is 6.98. The first kappa shape index (κ1) is 18.8. The Kier molecular flexibility index (Phi) is 5.33. The van der Waals surface area contributed by atoms with Crippen LogP contribution in [0, 0.1) is 5.92 Å². The van der Waals surface area contributed by atoms with Crippen LogP contribution in [0.25, 0.3) is 0 Å². The zero-order valence-corrected chi connectivity index (χ0v) is 16.8. The van der Waals surface area contributed by atoms with Crippen LogP contribution in [0.15, 0.2) is 84.5 Å². The van der Waals surface area contributed by atoms with E-state index in [1.165, 1.54) is 0 Å². The topological polar surface area (TPSA) is 40.5 Å². The molecule has 1 aliphatic rings. The Balaban J connectivity index is 2.04. The molecule has 0 saturated carbocycles. The summed E-state index contributed by atoms with van der Waals surface area (Å²) in [4.78, 5) is 12.2. The fourth-order valence-electron chi connectivity index (χ4n) is 4.12. The standard InChI is InChI=1S/C23H28O2Si/c1-18-11-10-12-19(22(18)24)17-23(2,3)26(25,20-13-6-4-7-14-20)21-15-8-5-9-16-21/h4-16,19,22,24-25H,17H2,1-3H3/t19-,22-/m1/s1. The van der Waals surface area contributed by atoms with Gasteiger partial charge in [0.05, 0.1) is 6.10 Å². The zero-order valence-electron chi connectivity index (χ0n) is 15.8. The third-order valence-corrected chi connectivity index (χ3v) is 10.2. The summed E-state index contributed by atoms with van der Waals surface area (Å²) in [6.07, 6.45) is 6.30. The second-order valence-electron chi connectivity index (χ2n) is 7.93. The second kappa shape index (κ2) is 7.35. The molecule has 0 heterocycles. The number of rotatable bonds is 5. The summed E-state index contributed by atoms with van der Waals surface area (Å²) in [6.45, 7) is 6.26. The molecule has 0 aliphatic heterocycles. The molecule has 3 heteroatoms. The molecule has 0 radical (unpaired) electrons. The van der Waals surface area contributed by atoms with Crippen LogP contribution >= 0.6 is 0 Å². The number of aliphatic hydroxyl groups is 1. The minimum Gasteiger partial charge on any atom is -0.424 e. The summed E-state index contributed by atoms with van der Waals surface area (Å²) in [5.74, 6) is 0.0152. The van der Waals surface area contributed by atoms with Gasteiger partial charge >= 0.3 is 0 Å². The van der Waals surface area contributed by atoms with Gasteiger partial charge in [-0.2, -0.15) is 0 Å². The average Bonchev–Trinajstić information content (AvgIpc) is 2.66. The molecule has 0 spiro atoms. The van der Waals surface area contributed by atoms with Gasteiger partial charge in [0, 0.05) is 5.92 Å². The molecule has 0 bridgehead atoms. The third kappa shape index (κ3) is 3.35. The van der Waals surface area contributed by atoms with Gasteiger partial charge in [0.1, 0.15) is 0 Å². The maximum absolute atomic E-state index is 12.2. The van der Waals surface area contributed by atoms with E-state index in [1.54, 1.807) is 0 Å². The SMILES string of the molecule is CC1=CC=C[C@H](CC(C)(C)[Si](O)(c2ccccc2)c2ccccc2)[C@@H]1O. The van der Waals surface area contributed by atoms with Crippen molar-refractivity contribution in [1.29, 1.82) is 0 Å². The Morgan fingerprint density at radius 1 is 0.923 bits per heavy atom. The van der Waals surface area contributed by atoms with Crippen molar-refractivity contribution in [3.8, 4) is 0 Å². The molecular formula is C23H28O2Si. The molecule has 0 aromatic heterocycles. The minimum atomic E-state index is -3.03. The molecule has 0 saturated heterocycles. The van der Waals surface area contributed by atoms with E-state index < -0.39 is 14.4 Å². The lowest BCUT2D eigenvalue weighted by atomic mass is 9.85.